The minimum Gasteiger partial charge on any atom is -0.0798 e. The Morgan fingerprint density at radius 1 is 0.472 bits per heavy atom. The molecule has 1 aliphatic rings. The van der Waals surface area contributed by atoms with E-state index < -0.39 is 0 Å². The fraction of sp³-hybridized carbons (Fsp3) is 0.0769. The van der Waals surface area contributed by atoms with E-state index in [-0.39, 0.29) is 6.71 Å². The number of fused-ring (bicyclic) bond motifs is 5. The first-order valence-corrected chi connectivity index (χ1v) is 18.9. The van der Waals surface area contributed by atoms with Crippen LogP contribution in [0.4, 0.5) is 0 Å². The Morgan fingerprint density at radius 2 is 1.04 bits per heavy atom. The average Bonchev–Trinajstić information content (AvgIpc) is 3.21. The summed E-state index contributed by atoms with van der Waals surface area (Å²) >= 11 is 0. The van der Waals surface area contributed by atoms with E-state index in [0.717, 1.165) is 6.42 Å². The molecule has 250 valence electrons. The van der Waals surface area contributed by atoms with E-state index >= 15 is 0 Å². The maximum atomic E-state index is 2.51. The fourth-order valence-electron chi connectivity index (χ4n) is 9.33. The molecule has 1 aliphatic carbocycles. The highest BCUT2D eigenvalue weighted by Crippen LogP contribution is 2.44. The van der Waals surface area contributed by atoms with Crippen molar-refractivity contribution in [2.24, 2.45) is 5.92 Å². The number of benzene rings is 9. The molecule has 9 aromatic rings. The van der Waals surface area contributed by atoms with Crippen LogP contribution in [0.15, 0.2) is 176 Å². The minimum absolute atomic E-state index is 0.0975. The molecule has 9 aromatic carbocycles. The molecule has 0 N–H and O–H groups in total. The lowest BCUT2D eigenvalue weighted by atomic mass is 9.32. The standard InChI is InChI=1S/C52H39B/c1-34-26-28-37-15-5-7-20-43(37)51(34)53(52-35(2)27-29-38-16-6-8-21-44(38)52)42-19-13-18-40(33-42)49-45-22-9-11-24-47(45)50(48-25-12-10-23-46(48)49)41-31-30-36-14-3-4-17-39(36)32-41/h3-26,28-33,35H,27H2,1-2H3. The van der Waals surface area contributed by atoms with E-state index in [1.54, 1.807) is 0 Å². The lowest BCUT2D eigenvalue weighted by molar-refractivity contribution is 0.788. The van der Waals surface area contributed by atoms with Gasteiger partial charge in [0.2, 0.25) is 6.71 Å². The molecule has 0 spiro atoms. The van der Waals surface area contributed by atoms with Crippen LogP contribution in [0.5, 0.6) is 0 Å². The summed E-state index contributed by atoms with van der Waals surface area (Å²) in [6, 6.07) is 65.8. The highest BCUT2D eigenvalue weighted by molar-refractivity contribution is 7.00. The molecule has 1 unspecified atom stereocenters. The van der Waals surface area contributed by atoms with Crippen molar-refractivity contribution in [2.45, 2.75) is 20.3 Å². The van der Waals surface area contributed by atoms with Crippen LogP contribution in [0.3, 0.4) is 0 Å². The first kappa shape index (κ1) is 31.6. The summed E-state index contributed by atoms with van der Waals surface area (Å²) in [7, 11) is 0. The topological polar surface area (TPSA) is 0 Å². The lowest BCUT2D eigenvalue weighted by Crippen LogP contribution is -2.51. The fourth-order valence-corrected chi connectivity index (χ4v) is 9.33. The molecule has 53 heavy (non-hydrogen) atoms. The van der Waals surface area contributed by atoms with Gasteiger partial charge in [0.1, 0.15) is 0 Å². The number of hydrogen-bond donors (Lipinski definition) is 0. The van der Waals surface area contributed by atoms with Gasteiger partial charge in [-0.2, -0.15) is 0 Å². The first-order valence-electron chi connectivity index (χ1n) is 18.9. The van der Waals surface area contributed by atoms with Gasteiger partial charge in [-0.25, -0.2) is 0 Å². The van der Waals surface area contributed by atoms with E-state index in [9.17, 15) is 0 Å². The Hall–Kier alpha value is -6.18. The highest BCUT2D eigenvalue weighted by atomic mass is 14.2. The Labute approximate surface area is 311 Å². The van der Waals surface area contributed by atoms with E-state index in [4.69, 9.17) is 0 Å². The smallest absolute Gasteiger partial charge is 0.0798 e. The first-order chi connectivity index (χ1) is 26.1. The van der Waals surface area contributed by atoms with Crippen molar-refractivity contribution in [3.05, 3.63) is 192 Å². The van der Waals surface area contributed by atoms with Gasteiger partial charge in [-0.1, -0.05) is 205 Å². The van der Waals surface area contributed by atoms with Gasteiger partial charge in [-0.15, -0.1) is 0 Å². The number of hydrogen-bond acceptors (Lipinski definition) is 0. The molecular weight excluding hydrogens is 635 g/mol. The highest BCUT2D eigenvalue weighted by Gasteiger charge is 2.32. The second-order valence-corrected chi connectivity index (χ2v) is 14.9. The monoisotopic (exact) mass is 674 g/mol. The Morgan fingerprint density at radius 3 is 1.75 bits per heavy atom. The van der Waals surface area contributed by atoms with Crippen molar-refractivity contribution in [1.82, 2.24) is 0 Å². The molecule has 0 heterocycles. The summed E-state index contributed by atoms with van der Waals surface area (Å²) in [6.07, 6.45) is 3.47. The van der Waals surface area contributed by atoms with Crippen LogP contribution >= 0.6 is 0 Å². The third-order valence-electron chi connectivity index (χ3n) is 11.8. The largest absolute Gasteiger partial charge is 0.239 e. The molecule has 0 saturated heterocycles. The summed E-state index contributed by atoms with van der Waals surface area (Å²) in [4.78, 5) is 0. The van der Waals surface area contributed by atoms with Crippen LogP contribution < -0.4 is 21.4 Å². The van der Waals surface area contributed by atoms with Gasteiger partial charge in [0.05, 0.1) is 0 Å². The second-order valence-electron chi connectivity index (χ2n) is 14.9. The van der Waals surface area contributed by atoms with Gasteiger partial charge in [-0.05, 0) is 101 Å². The predicted octanol–water partition coefficient (Wildman–Crippen LogP) is 10.8. The van der Waals surface area contributed by atoms with Gasteiger partial charge in [0.25, 0.3) is 0 Å². The SMILES string of the molecule is Cc1ccc2ccccc2c1B(C1=c2ccccc2=CCC1C)c1cccc(-c2c3ccccc3c(-c3ccc4ccccc4c3)c3ccccc23)c1. The van der Waals surface area contributed by atoms with Gasteiger partial charge >= 0.3 is 0 Å². The van der Waals surface area contributed by atoms with Crippen molar-refractivity contribution >= 4 is 72.3 Å². The molecule has 0 fully saturated rings. The zero-order valence-corrected chi connectivity index (χ0v) is 30.2. The van der Waals surface area contributed by atoms with Crippen molar-refractivity contribution in [2.75, 3.05) is 0 Å². The van der Waals surface area contributed by atoms with Gasteiger partial charge < -0.3 is 0 Å². The predicted molar refractivity (Wildman–Crippen MR) is 231 cm³/mol. The van der Waals surface area contributed by atoms with Crippen LogP contribution in [-0.2, 0) is 0 Å². The third-order valence-corrected chi connectivity index (χ3v) is 11.8. The number of rotatable bonds is 5. The van der Waals surface area contributed by atoms with E-state index in [1.165, 1.54) is 97.7 Å². The molecule has 0 radical (unpaired) electrons. The molecule has 1 heteroatoms. The molecule has 0 bridgehead atoms. The summed E-state index contributed by atoms with van der Waals surface area (Å²) < 4.78 is 0. The van der Waals surface area contributed by atoms with Crippen molar-refractivity contribution in [3.63, 3.8) is 0 Å². The molecule has 1 atom stereocenters. The maximum absolute atomic E-state index is 2.51. The van der Waals surface area contributed by atoms with E-state index in [0.29, 0.717) is 5.92 Å². The van der Waals surface area contributed by atoms with Gasteiger partial charge in [0.15, 0.2) is 0 Å². The molecule has 0 aliphatic heterocycles. The van der Waals surface area contributed by atoms with Crippen LogP contribution in [0, 0.1) is 12.8 Å². The molecule has 0 nitrogen and oxygen atoms in total. The number of aryl methyl sites for hydroxylation is 1. The van der Waals surface area contributed by atoms with Crippen molar-refractivity contribution < 1.29 is 0 Å². The van der Waals surface area contributed by atoms with Crippen LogP contribution in [0.1, 0.15) is 18.9 Å². The van der Waals surface area contributed by atoms with Gasteiger partial charge in [0, 0.05) is 0 Å². The zero-order valence-electron chi connectivity index (χ0n) is 30.2. The molecular formula is C52H39B. The second kappa shape index (κ2) is 12.8. The third kappa shape index (κ3) is 5.22. The van der Waals surface area contributed by atoms with Crippen molar-refractivity contribution in [3.8, 4) is 22.3 Å². The lowest BCUT2D eigenvalue weighted by Gasteiger charge is -2.28. The Balaban J connectivity index is 1.27. The van der Waals surface area contributed by atoms with Crippen molar-refractivity contribution in [1.29, 1.82) is 0 Å². The summed E-state index contributed by atoms with van der Waals surface area (Å²) in [6.45, 7) is 4.82. The zero-order chi connectivity index (χ0) is 35.5. The average molecular weight is 675 g/mol. The molecule has 0 amide bonds. The Kier molecular flexibility index (Phi) is 7.62. The van der Waals surface area contributed by atoms with E-state index in [1.807, 2.05) is 0 Å². The normalized spacial score (nSPS) is 14.1. The minimum atomic E-state index is 0.0975. The van der Waals surface area contributed by atoms with E-state index in [2.05, 4.69) is 196 Å². The summed E-state index contributed by atoms with van der Waals surface area (Å²) in [5.41, 5.74) is 10.7. The molecule has 0 aromatic heterocycles. The Bertz CT molecular complexity index is 2970. The quantitative estimate of drug-likeness (QED) is 0.126. The summed E-state index contributed by atoms with van der Waals surface area (Å²) in [5, 5.41) is 13.0. The van der Waals surface area contributed by atoms with Gasteiger partial charge in [-0.3, -0.25) is 0 Å². The molecule has 0 saturated carbocycles. The van der Waals surface area contributed by atoms with Crippen LogP contribution in [0.25, 0.3) is 76.9 Å². The maximum Gasteiger partial charge on any atom is 0.239 e. The van der Waals surface area contributed by atoms with Crippen LogP contribution in [0.2, 0.25) is 0 Å². The molecule has 10 rings (SSSR count). The van der Waals surface area contributed by atoms with Crippen LogP contribution in [-0.4, -0.2) is 6.71 Å². The summed E-state index contributed by atoms with van der Waals surface area (Å²) in [5.74, 6) is 0.403.